The summed E-state index contributed by atoms with van der Waals surface area (Å²) in [7, 11) is 3.36. The van der Waals surface area contributed by atoms with Crippen molar-refractivity contribution in [2.75, 3.05) is 14.2 Å². The summed E-state index contributed by atoms with van der Waals surface area (Å²) in [6, 6.07) is 10.4. The van der Waals surface area contributed by atoms with Crippen molar-refractivity contribution in [2.24, 2.45) is 10.7 Å². The lowest BCUT2D eigenvalue weighted by molar-refractivity contribution is -0.126. The van der Waals surface area contributed by atoms with Crippen LogP contribution in [0.4, 0.5) is 0 Å². The number of aliphatic imine (C=N–C) groups is 1. The molecule has 0 aliphatic rings. The van der Waals surface area contributed by atoms with Gasteiger partial charge in [-0.3, -0.25) is 9.69 Å². The van der Waals surface area contributed by atoms with E-state index in [1.807, 2.05) is 13.0 Å². The van der Waals surface area contributed by atoms with Gasteiger partial charge in [0.1, 0.15) is 0 Å². The molecular weight excluding hydrogens is 334 g/mol. The smallest absolute Gasteiger partial charge is 0.228 e. The molecule has 25 heavy (non-hydrogen) atoms. The number of carbonyl (C=O) groups is 1. The zero-order chi connectivity index (χ0) is 18.2. The molecule has 2 N–H and O–H groups in total. The number of nitrogens with two attached hydrogens (primary N) is 1. The predicted octanol–water partition coefficient (Wildman–Crippen LogP) is 3.63. The number of hydrogen-bond donors (Lipinski definition) is 1. The minimum absolute atomic E-state index is 0.00873. The van der Waals surface area contributed by atoms with E-state index in [2.05, 4.69) is 34.6 Å². The van der Waals surface area contributed by atoms with E-state index >= 15 is 0 Å². The van der Waals surface area contributed by atoms with Crippen molar-refractivity contribution >= 4 is 23.2 Å². The lowest BCUT2D eigenvalue weighted by atomic mass is 10.1. The van der Waals surface area contributed by atoms with Crippen LogP contribution in [0.5, 0.6) is 0 Å². The molecule has 0 spiro atoms. The number of thiophene rings is 1. The van der Waals surface area contributed by atoms with Crippen molar-refractivity contribution in [3.8, 4) is 11.1 Å². The van der Waals surface area contributed by atoms with Crippen LogP contribution in [-0.2, 0) is 22.7 Å². The van der Waals surface area contributed by atoms with E-state index in [0.717, 1.165) is 28.0 Å². The zero-order valence-electron chi connectivity index (χ0n) is 15.0. The largest absolute Gasteiger partial charge is 0.380 e. The van der Waals surface area contributed by atoms with Crippen LogP contribution < -0.4 is 5.73 Å². The van der Waals surface area contributed by atoms with E-state index in [9.17, 15) is 4.79 Å². The summed E-state index contributed by atoms with van der Waals surface area (Å²) >= 11 is 1.64. The Morgan fingerprint density at radius 1 is 1.32 bits per heavy atom. The van der Waals surface area contributed by atoms with Crippen LogP contribution in [-0.4, -0.2) is 30.9 Å². The van der Waals surface area contributed by atoms with E-state index in [-0.39, 0.29) is 11.9 Å². The van der Waals surface area contributed by atoms with Crippen LogP contribution in [0.1, 0.15) is 30.2 Å². The highest BCUT2D eigenvalue weighted by atomic mass is 32.1. The fourth-order valence-corrected chi connectivity index (χ4v) is 3.21. The summed E-state index contributed by atoms with van der Waals surface area (Å²) in [5.41, 5.74) is 9.37. The average Bonchev–Trinajstić information content (AvgIpc) is 3.09. The first-order valence-electron chi connectivity index (χ1n) is 8.27. The normalized spacial score (nSPS) is 11.6. The van der Waals surface area contributed by atoms with Crippen LogP contribution in [0, 0.1) is 0 Å². The Morgan fingerprint density at radius 2 is 2.12 bits per heavy atom. The molecule has 0 saturated heterocycles. The Hall–Kier alpha value is -2.18. The van der Waals surface area contributed by atoms with E-state index in [1.165, 1.54) is 4.90 Å². The Labute approximate surface area is 153 Å². The molecule has 2 rings (SSSR count). The Kier molecular flexibility index (Phi) is 7.16. The van der Waals surface area contributed by atoms with Crippen LogP contribution in [0.15, 0.2) is 40.7 Å². The number of hydrogen-bond acceptors (Lipinski definition) is 4. The molecule has 5 nitrogen and oxygen atoms in total. The molecule has 0 radical (unpaired) electrons. The fourth-order valence-electron chi connectivity index (χ4n) is 2.40. The number of rotatable bonds is 7. The third-order valence-electron chi connectivity index (χ3n) is 3.80. The van der Waals surface area contributed by atoms with Crippen molar-refractivity contribution in [2.45, 2.75) is 32.9 Å². The van der Waals surface area contributed by atoms with Gasteiger partial charge in [0.15, 0.2) is 5.96 Å². The van der Waals surface area contributed by atoms with Crippen molar-refractivity contribution in [3.05, 3.63) is 46.2 Å². The van der Waals surface area contributed by atoms with E-state index in [4.69, 9.17) is 10.5 Å². The lowest BCUT2D eigenvalue weighted by Crippen LogP contribution is -2.38. The number of benzene rings is 1. The summed E-state index contributed by atoms with van der Waals surface area (Å²) in [6.07, 6.45) is 1.28. The third kappa shape index (κ3) is 5.41. The van der Waals surface area contributed by atoms with Gasteiger partial charge in [-0.05, 0) is 40.6 Å². The molecule has 1 aromatic heterocycles. The summed E-state index contributed by atoms with van der Waals surface area (Å²) in [4.78, 5) is 18.7. The van der Waals surface area contributed by atoms with E-state index < -0.39 is 0 Å². The number of guanidine groups is 1. The number of amides is 1. The minimum Gasteiger partial charge on any atom is -0.380 e. The molecule has 0 unspecified atom stereocenters. The molecular formula is C19H25N3O2S. The number of ether oxygens (including phenoxy) is 1. The second kappa shape index (κ2) is 9.34. The molecule has 1 heterocycles. The van der Waals surface area contributed by atoms with Crippen LogP contribution in [0.2, 0.25) is 0 Å². The van der Waals surface area contributed by atoms with Gasteiger partial charge in [-0.2, -0.15) is 0 Å². The fraction of sp³-hybridized carbons (Fsp3) is 0.368. The molecule has 0 fully saturated rings. The summed E-state index contributed by atoms with van der Waals surface area (Å²) in [5.74, 6) is 0.251. The standard InChI is InChI=1S/C19H25N3O2S/c1-4-6-18(23)22(2)19(20)21-11-17-10-16(13-25-17)15-8-5-7-14(9-15)12-24-3/h5,7-10,13H,4,6,11-12H2,1-3H3,(H2,20,21). The first kappa shape index (κ1) is 19.1. The second-order valence-corrected chi connectivity index (χ2v) is 6.81. The Balaban J connectivity index is 2.05. The molecule has 0 saturated carbocycles. The quantitative estimate of drug-likeness (QED) is 0.606. The lowest BCUT2D eigenvalue weighted by Gasteiger charge is -2.15. The first-order valence-corrected chi connectivity index (χ1v) is 9.15. The molecule has 2 aromatic rings. The Bertz CT molecular complexity index is 740. The second-order valence-electron chi connectivity index (χ2n) is 5.81. The van der Waals surface area contributed by atoms with Crippen molar-refractivity contribution in [1.82, 2.24) is 4.90 Å². The number of carbonyl (C=O) groups excluding carboxylic acids is 1. The molecule has 0 aliphatic heterocycles. The topological polar surface area (TPSA) is 67.9 Å². The average molecular weight is 359 g/mol. The maximum Gasteiger partial charge on any atom is 0.228 e. The summed E-state index contributed by atoms with van der Waals surface area (Å²) < 4.78 is 5.19. The molecule has 1 aromatic carbocycles. The molecule has 0 aliphatic carbocycles. The van der Waals surface area contributed by atoms with Gasteiger partial charge < -0.3 is 10.5 Å². The Morgan fingerprint density at radius 3 is 2.84 bits per heavy atom. The molecule has 0 atom stereocenters. The van der Waals surface area contributed by atoms with Crippen LogP contribution >= 0.6 is 11.3 Å². The summed E-state index contributed by atoms with van der Waals surface area (Å²) in [5, 5.41) is 2.11. The van der Waals surface area contributed by atoms with Crippen molar-refractivity contribution < 1.29 is 9.53 Å². The van der Waals surface area contributed by atoms with Gasteiger partial charge >= 0.3 is 0 Å². The van der Waals surface area contributed by atoms with Gasteiger partial charge in [-0.1, -0.05) is 25.1 Å². The highest BCUT2D eigenvalue weighted by molar-refractivity contribution is 7.10. The first-order chi connectivity index (χ1) is 12.0. The van der Waals surface area contributed by atoms with Crippen LogP contribution in [0.3, 0.4) is 0 Å². The third-order valence-corrected chi connectivity index (χ3v) is 4.73. The molecule has 0 bridgehead atoms. The highest BCUT2D eigenvalue weighted by Crippen LogP contribution is 2.27. The monoisotopic (exact) mass is 359 g/mol. The maximum atomic E-state index is 11.8. The predicted molar refractivity (Wildman–Crippen MR) is 103 cm³/mol. The van der Waals surface area contributed by atoms with Gasteiger partial charge in [0.2, 0.25) is 5.91 Å². The highest BCUT2D eigenvalue weighted by Gasteiger charge is 2.11. The van der Waals surface area contributed by atoms with Gasteiger partial charge in [0.05, 0.1) is 13.2 Å². The molecule has 134 valence electrons. The number of methoxy groups -OCH3 is 1. The van der Waals surface area contributed by atoms with Gasteiger partial charge in [0.25, 0.3) is 0 Å². The number of nitrogens with zero attached hydrogens (tertiary/aromatic N) is 2. The minimum atomic E-state index is -0.00873. The van der Waals surface area contributed by atoms with Gasteiger partial charge in [0, 0.05) is 25.5 Å². The van der Waals surface area contributed by atoms with Crippen molar-refractivity contribution in [1.29, 1.82) is 0 Å². The SMILES string of the molecule is CCCC(=O)N(C)C(N)=NCc1cc(-c2cccc(COC)c2)cs1. The molecule has 6 heteroatoms. The van der Waals surface area contributed by atoms with Gasteiger partial charge in [-0.25, -0.2) is 4.99 Å². The zero-order valence-corrected chi connectivity index (χ0v) is 15.8. The van der Waals surface area contributed by atoms with Crippen LogP contribution in [0.25, 0.3) is 11.1 Å². The summed E-state index contributed by atoms with van der Waals surface area (Å²) in [6.45, 7) is 3.04. The molecule has 1 amide bonds. The van der Waals surface area contributed by atoms with Gasteiger partial charge in [-0.15, -0.1) is 11.3 Å². The van der Waals surface area contributed by atoms with E-state index in [0.29, 0.717) is 19.6 Å². The maximum absolute atomic E-state index is 11.8. The van der Waals surface area contributed by atoms with Crippen molar-refractivity contribution in [3.63, 3.8) is 0 Å². The van der Waals surface area contributed by atoms with E-state index in [1.54, 1.807) is 25.5 Å².